The van der Waals surface area contributed by atoms with Gasteiger partial charge in [-0.2, -0.15) is 0 Å². The predicted molar refractivity (Wildman–Crippen MR) is 62.6 cm³/mol. The van der Waals surface area contributed by atoms with Crippen molar-refractivity contribution < 1.29 is 18.3 Å². The Morgan fingerprint density at radius 1 is 1.65 bits per heavy atom. The molecule has 3 nitrogen and oxygen atoms in total. The van der Waals surface area contributed by atoms with Gasteiger partial charge in [0.2, 0.25) is 0 Å². The zero-order valence-corrected chi connectivity index (χ0v) is 11.2. The summed E-state index contributed by atoms with van der Waals surface area (Å²) in [4.78, 5) is 14.7. The van der Waals surface area contributed by atoms with E-state index in [0.717, 1.165) is 0 Å². The van der Waals surface area contributed by atoms with Crippen molar-refractivity contribution >= 4 is 33.5 Å². The van der Waals surface area contributed by atoms with Crippen molar-refractivity contribution in [1.82, 2.24) is 4.98 Å². The van der Waals surface area contributed by atoms with E-state index in [1.807, 2.05) is 0 Å². The van der Waals surface area contributed by atoms with Crippen molar-refractivity contribution in [3.8, 4) is 0 Å². The summed E-state index contributed by atoms with van der Waals surface area (Å²) in [6.45, 7) is 0. The summed E-state index contributed by atoms with van der Waals surface area (Å²) in [7, 11) is 1.22. The summed E-state index contributed by atoms with van der Waals surface area (Å²) in [5.41, 5.74) is 0.171. The third-order valence-electron chi connectivity index (χ3n) is 2.02. The largest absolute Gasteiger partial charge is 0.469 e. The molecule has 1 aromatic rings. The number of halogens is 4. The number of carbonyl (C=O) groups excluding carboxylic acids is 1. The van der Waals surface area contributed by atoms with Crippen LogP contribution in [0.5, 0.6) is 0 Å². The first-order valence-electron chi connectivity index (χ1n) is 4.58. The van der Waals surface area contributed by atoms with Crippen molar-refractivity contribution in [2.45, 2.75) is 18.2 Å². The molecule has 0 aliphatic heterocycles. The van der Waals surface area contributed by atoms with E-state index in [1.165, 1.54) is 13.2 Å². The smallest absolute Gasteiger partial charge is 0.311 e. The molecule has 0 aliphatic rings. The molecule has 0 amide bonds. The lowest BCUT2D eigenvalue weighted by molar-refractivity contribution is -0.139. The van der Waals surface area contributed by atoms with Gasteiger partial charge in [-0.1, -0.05) is 27.5 Å². The molecule has 0 spiro atoms. The number of alkyl halides is 3. The molecular formula is C10H9BrClF2NO2. The van der Waals surface area contributed by atoms with E-state index in [0.29, 0.717) is 10.9 Å². The quantitative estimate of drug-likeness (QED) is 0.629. The summed E-state index contributed by atoms with van der Waals surface area (Å²) in [6, 6.07) is 1.50. The molecule has 0 unspecified atom stereocenters. The lowest BCUT2D eigenvalue weighted by Crippen LogP contribution is -2.08. The van der Waals surface area contributed by atoms with E-state index in [4.69, 9.17) is 11.6 Å². The van der Waals surface area contributed by atoms with Gasteiger partial charge in [0.25, 0.3) is 6.43 Å². The van der Waals surface area contributed by atoms with Crippen molar-refractivity contribution in [2.24, 2.45) is 0 Å². The van der Waals surface area contributed by atoms with Crippen LogP contribution in [0.25, 0.3) is 0 Å². The minimum absolute atomic E-state index is 0.0782. The highest BCUT2D eigenvalue weighted by atomic mass is 79.9. The number of esters is 1. The number of carbonyl (C=O) groups is 1. The monoisotopic (exact) mass is 327 g/mol. The summed E-state index contributed by atoms with van der Waals surface area (Å²) < 4.78 is 29.8. The van der Waals surface area contributed by atoms with E-state index >= 15 is 0 Å². The zero-order chi connectivity index (χ0) is 13.0. The van der Waals surface area contributed by atoms with E-state index in [2.05, 4.69) is 25.7 Å². The minimum Gasteiger partial charge on any atom is -0.469 e. The number of ether oxygens (including phenoxy) is 1. The third-order valence-corrected chi connectivity index (χ3v) is 3.06. The fourth-order valence-electron chi connectivity index (χ4n) is 1.22. The van der Waals surface area contributed by atoms with Crippen LogP contribution in [-0.2, 0) is 21.3 Å². The van der Waals surface area contributed by atoms with Gasteiger partial charge >= 0.3 is 5.97 Å². The van der Waals surface area contributed by atoms with Gasteiger partial charge in [-0.05, 0) is 11.6 Å². The maximum absolute atomic E-state index is 12.7. The topological polar surface area (TPSA) is 39.2 Å². The second-order valence-electron chi connectivity index (χ2n) is 3.16. The van der Waals surface area contributed by atoms with Crippen LogP contribution in [-0.4, -0.2) is 18.1 Å². The number of aromatic nitrogens is 1. The molecular weight excluding hydrogens is 319 g/mol. The highest BCUT2D eigenvalue weighted by molar-refractivity contribution is 9.08. The Balaban J connectivity index is 3.15. The molecule has 0 saturated carbocycles. The first-order chi connectivity index (χ1) is 7.99. The first-order valence-corrected chi connectivity index (χ1v) is 6.08. The molecule has 0 bridgehead atoms. The fourth-order valence-corrected chi connectivity index (χ4v) is 2.07. The van der Waals surface area contributed by atoms with Crippen molar-refractivity contribution in [1.29, 1.82) is 0 Å². The van der Waals surface area contributed by atoms with Gasteiger partial charge in [0.05, 0.1) is 24.2 Å². The molecule has 17 heavy (non-hydrogen) atoms. The molecule has 0 aromatic carbocycles. The Morgan fingerprint density at radius 3 is 2.76 bits per heavy atom. The lowest BCUT2D eigenvalue weighted by atomic mass is 10.1. The van der Waals surface area contributed by atoms with Gasteiger partial charge < -0.3 is 4.74 Å². The second kappa shape index (κ2) is 6.26. The molecule has 0 atom stereocenters. The van der Waals surface area contributed by atoms with Crippen LogP contribution in [0, 0.1) is 0 Å². The molecule has 0 radical (unpaired) electrons. The number of rotatable bonds is 4. The van der Waals surface area contributed by atoms with Crippen LogP contribution in [0.2, 0.25) is 5.02 Å². The first kappa shape index (κ1) is 14.3. The van der Waals surface area contributed by atoms with Crippen molar-refractivity contribution in [2.75, 3.05) is 7.11 Å². The second-order valence-corrected chi connectivity index (χ2v) is 4.10. The maximum Gasteiger partial charge on any atom is 0.311 e. The van der Waals surface area contributed by atoms with Gasteiger partial charge in [0.1, 0.15) is 5.69 Å². The molecule has 1 heterocycles. The SMILES string of the molecule is COC(=O)Cc1cc(CBr)c(Cl)c(C(F)F)n1. The molecule has 0 aliphatic carbocycles. The van der Waals surface area contributed by atoms with Crippen LogP contribution in [0.1, 0.15) is 23.4 Å². The van der Waals surface area contributed by atoms with Gasteiger partial charge in [0, 0.05) is 5.33 Å². The highest BCUT2D eigenvalue weighted by Crippen LogP contribution is 2.30. The zero-order valence-electron chi connectivity index (χ0n) is 8.84. The molecule has 0 fully saturated rings. The van der Waals surface area contributed by atoms with Crippen molar-refractivity contribution in [3.63, 3.8) is 0 Å². The summed E-state index contributed by atoms with van der Waals surface area (Å²) in [6.07, 6.45) is -2.94. The van der Waals surface area contributed by atoms with E-state index in [9.17, 15) is 13.6 Å². The highest BCUT2D eigenvalue weighted by Gasteiger charge is 2.19. The Bertz CT molecular complexity index is 429. The number of hydrogen-bond donors (Lipinski definition) is 0. The predicted octanol–water partition coefficient (Wildman–Crippen LogP) is 3.28. The van der Waals surface area contributed by atoms with Gasteiger partial charge in [-0.25, -0.2) is 13.8 Å². The van der Waals surface area contributed by atoms with E-state index < -0.39 is 18.1 Å². The van der Waals surface area contributed by atoms with Gasteiger partial charge in [0.15, 0.2) is 0 Å². The number of pyridine rings is 1. The lowest BCUT2D eigenvalue weighted by Gasteiger charge is -2.09. The molecule has 7 heteroatoms. The molecule has 0 saturated heterocycles. The standard InChI is InChI=1S/C10H9BrClF2NO2/c1-17-7(16)3-6-2-5(4-11)8(12)9(15-6)10(13)14/h2,10H,3-4H2,1H3. The van der Waals surface area contributed by atoms with Gasteiger partial charge in [-0.3, -0.25) is 4.79 Å². The Morgan fingerprint density at radius 2 is 2.29 bits per heavy atom. The van der Waals surface area contributed by atoms with Gasteiger partial charge in [-0.15, -0.1) is 0 Å². The normalized spacial score (nSPS) is 10.7. The average Bonchev–Trinajstić information content (AvgIpc) is 2.30. The fraction of sp³-hybridized carbons (Fsp3) is 0.400. The molecule has 1 aromatic heterocycles. The maximum atomic E-state index is 12.7. The van der Waals surface area contributed by atoms with E-state index in [-0.39, 0.29) is 17.1 Å². The summed E-state index contributed by atoms with van der Waals surface area (Å²) >= 11 is 8.89. The summed E-state index contributed by atoms with van der Waals surface area (Å²) in [5, 5.41) is 0.230. The number of nitrogens with zero attached hydrogens (tertiary/aromatic N) is 1. The van der Waals surface area contributed by atoms with Crippen LogP contribution in [0.3, 0.4) is 0 Å². The van der Waals surface area contributed by atoms with Crippen LogP contribution >= 0.6 is 27.5 Å². The average molecular weight is 329 g/mol. The third kappa shape index (κ3) is 3.61. The molecule has 1 rings (SSSR count). The van der Waals surface area contributed by atoms with Crippen molar-refractivity contribution in [3.05, 3.63) is 28.0 Å². The van der Waals surface area contributed by atoms with Crippen LogP contribution < -0.4 is 0 Å². The molecule has 0 N–H and O–H groups in total. The number of hydrogen-bond acceptors (Lipinski definition) is 3. The Labute approximate surface area is 110 Å². The minimum atomic E-state index is -2.78. The van der Waals surface area contributed by atoms with E-state index in [1.54, 1.807) is 0 Å². The summed E-state index contributed by atoms with van der Waals surface area (Å²) in [5.74, 6) is -0.541. The Kier molecular flexibility index (Phi) is 5.27. The van der Waals surface area contributed by atoms with Crippen LogP contribution in [0.15, 0.2) is 6.07 Å². The Hall–Kier alpha value is -0.750. The number of methoxy groups -OCH3 is 1. The van der Waals surface area contributed by atoms with Crippen LogP contribution in [0.4, 0.5) is 8.78 Å². The molecule has 94 valence electrons.